The van der Waals surface area contributed by atoms with Crippen LogP contribution in [0.4, 0.5) is 0 Å². The number of hydrogen-bond acceptors (Lipinski definition) is 3. The largest absolute Gasteiger partial charge is 0.359 e. The second kappa shape index (κ2) is 12.1. The van der Waals surface area contributed by atoms with Crippen molar-refractivity contribution in [2.45, 2.75) is 19.3 Å². The van der Waals surface area contributed by atoms with E-state index in [1.807, 2.05) is 0 Å². The Bertz CT molecular complexity index is 446. The van der Waals surface area contributed by atoms with Gasteiger partial charge in [0.2, 0.25) is 11.8 Å². The third kappa shape index (κ3) is 7.98. The predicted molar refractivity (Wildman–Crippen MR) is 108 cm³/mol. The second-order valence-electron chi connectivity index (χ2n) is 5.91. The first-order valence-corrected chi connectivity index (χ1v) is 8.02. The zero-order valence-corrected chi connectivity index (χ0v) is 17.2. The lowest BCUT2D eigenvalue weighted by Gasteiger charge is -2.34. The predicted octanol–water partition coefficient (Wildman–Crippen LogP) is 0.672. The Balaban J connectivity index is 0.00000529. The van der Waals surface area contributed by atoms with Crippen molar-refractivity contribution in [2.75, 3.05) is 47.3 Å². The number of guanidine groups is 1. The van der Waals surface area contributed by atoms with Gasteiger partial charge in [0.05, 0.1) is 0 Å². The van der Waals surface area contributed by atoms with E-state index in [4.69, 9.17) is 0 Å². The first-order chi connectivity index (χ1) is 11.0. The minimum atomic E-state index is -0.0302. The van der Waals surface area contributed by atoms with Crippen LogP contribution in [0.15, 0.2) is 17.6 Å². The Morgan fingerprint density at radius 2 is 1.96 bits per heavy atom. The number of halogens is 1. The lowest BCUT2D eigenvalue weighted by molar-refractivity contribution is -0.127. The Morgan fingerprint density at radius 1 is 1.33 bits per heavy atom. The number of likely N-dealkylation sites (N-methyl/N-ethyl adjacent to an activating group) is 1. The SMILES string of the molecule is C=CCNC(=NCC(=O)N(C)C)N1CCC(CC(=O)NC)CC1.I. The normalized spacial score (nSPS) is 15.3. The zero-order valence-electron chi connectivity index (χ0n) is 14.9. The molecule has 1 rings (SSSR count). The number of aliphatic imine (C=N–C) groups is 1. The van der Waals surface area contributed by atoms with Crippen molar-refractivity contribution >= 4 is 41.8 Å². The first kappa shape index (κ1) is 22.7. The number of nitrogens with zero attached hydrogens (tertiary/aromatic N) is 3. The highest BCUT2D eigenvalue weighted by atomic mass is 127. The minimum absolute atomic E-state index is 0. The number of piperidine rings is 1. The van der Waals surface area contributed by atoms with Crippen LogP contribution in [0.3, 0.4) is 0 Å². The highest BCUT2D eigenvalue weighted by Crippen LogP contribution is 2.20. The van der Waals surface area contributed by atoms with E-state index in [9.17, 15) is 9.59 Å². The molecule has 0 atom stereocenters. The van der Waals surface area contributed by atoms with Crippen LogP contribution in [-0.4, -0.2) is 74.9 Å². The van der Waals surface area contributed by atoms with E-state index < -0.39 is 0 Å². The molecule has 0 saturated carbocycles. The molecule has 7 nitrogen and oxygen atoms in total. The van der Waals surface area contributed by atoms with Crippen molar-refractivity contribution < 1.29 is 9.59 Å². The number of nitrogens with one attached hydrogen (secondary N) is 2. The highest BCUT2D eigenvalue weighted by Gasteiger charge is 2.23. The molecule has 0 aliphatic carbocycles. The molecule has 1 heterocycles. The van der Waals surface area contributed by atoms with Crippen molar-refractivity contribution in [3.63, 3.8) is 0 Å². The fourth-order valence-corrected chi connectivity index (χ4v) is 2.43. The Kier molecular flexibility index (Phi) is 11.4. The van der Waals surface area contributed by atoms with Gasteiger partial charge < -0.3 is 20.4 Å². The van der Waals surface area contributed by atoms with E-state index in [-0.39, 0.29) is 42.3 Å². The van der Waals surface area contributed by atoms with Crippen LogP contribution in [-0.2, 0) is 9.59 Å². The summed E-state index contributed by atoms with van der Waals surface area (Å²) in [6.45, 7) is 6.10. The number of rotatable bonds is 6. The molecule has 1 saturated heterocycles. The van der Waals surface area contributed by atoms with Crippen LogP contribution < -0.4 is 10.6 Å². The zero-order chi connectivity index (χ0) is 17.2. The lowest BCUT2D eigenvalue weighted by atomic mass is 9.93. The molecule has 0 radical (unpaired) electrons. The van der Waals surface area contributed by atoms with Crippen LogP contribution in [0, 0.1) is 5.92 Å². The summed E-state index contributed by atoms with van der Waals surface area (Å²) in [4.78, 5) is 31.3. The Labute approximate surface area is 161 Å². The fourth-order valence-electron chi connectivity index (χ4n) is 2.43. The molecule has 2 amide bonds. The van der Waals surface area contributed by atoms with E-state index in [1.165, 1.54) is 4.90 Å². The van der Waals surface area contributed by atoms with Gasteiger partial charge >= 0.3 is 0 Å². The number of carbonyl (C=O) groups excluding carboxylic acids is 2. The summed E-state index contributed by atoms with van der Waals surface area (Å²) in [5.41, 5.74) is 0. The molecule has 1 fully saturated rings. The van der Waals surface area contributed by atoms with Crippen LogP contribution in [0.1, 0.15) is 19.3 Å². The molecular weight excluding hydrogens is 421 g/mol. The Hall–Kier alpha value is -1.32. The quantitative estimate of drug-likeness (QED) is 0.270. The van der Waals surface area contributed by atoms with Crippen molar-refractivity contribution in [1.82, 2.24) is 20.4 Å². The van der Waals surface area contributed by atoms with E-state index in [2.05, 4.69) is 27.1 Å². The van der Waals surface area contributed by atoms with Crippen molar-refractivity contribution in [2.24, 2.45) is 10.9 Å². The third-order valence-electron chi connectivity index (χ3n) is 3.93. The minimum Gasteiger partial charge on any atom is -0.359 e. The first-order valence-electron chi connectivity index (χ1n) is 8.02. The molecule has 24 heavy (non-hydrogen) atoms. The summed E-state index contributed by atoms with van der Waals surface area (Å²) in [6.07, 6.45) is 4.24. The smallest absolute Gasteiger partial charge is 0.243 e. The maximum Gasteiger partial charge on any atom is 0.243 e. The lowest BCUT2D eigenvalue weighted by Crippen LogP contribution is -2.46. The van der Waals surface area contributed by atoms with Crippen LogP contribution in [0.5, 0.6) is 0 Å². The van der Waals surface area contributed by atoms with E-state index >= 15 is 0 Å². The molecule has 1 aliphatic rings. The topological polar surface area (TPSA) is 77.0 Å². The van der Waals surface area contributed by atoms with Gasteiger partial charge in [-0.25, -0.2) is 4.99 Å². The molecule has 8 heteroatoms. The fraction of sp³-hybridized carbons (Fsp3) is 0.688. The summed E-state index contributed by atoms with van der Waals surface area (Å²) in [5, 5.41) is 5.88. The molecule has 0 bridgehead atoms. The average Bonchev–Trinajstić information content (AvgIpc) is 2.55. The standard InChI is InChI=1S/C16H29N5O2.HI/c1-5-8-18-16(19-12-15(23)20(3)4)21-9-6-13(7-10-21)11-14(22)17-2;/h5,13H,1,6-12H2,2-4H3,(H,17,22)(H,18,19);1H. The molecular formula is C16H30IN5O2. The monoisotopic (exact) mass is 451 g/mol. The summed E-state index contributed by atoms with van der Waals surface area (Å²) < 4.78 is 0. The number of hydrogen-bond donors (Lipinski definition) is 2. The maximum atomic E-state index is 11.7. The van der Waals surface area contributed by atoms with Gasteiger partial charge in [0, 0.05) is 47.2 Å². The molecule has 0 unspecified atom stereocenters. The summed E-state index contributed by atoms with van der Waals surface area (Å²) in [6, 6.07) is 0. The molecule has 1 aliphatic heterocycles. The third-order valence-corrected chi connectivity index (χ3v) is 3.93. The average molecular weight is 451 g/mol. The van der Waals surface area contributed by atoms with Gasteiger partial charge in [0.1, 0.15) is 6.54 Å². The van der Waals surface area contributed by atoms with Gasteiger partial charge in [-0.3, -0.25) is 9.59 Å². The van der Waals surface area contributed by atoms with E-state index in [0.717, 1.165) is 31.9 Å². The number of carbonyl (C=O) groups is 2. The molecule has 0 aromatic carbocycles. The summed E-state index contributed by atoms with van der Waals surface area (Å²) in [7, 11) is 5.11. The van der Waals surface area contributed by atoms with Gasteiger partial charge in [-0.05, 0) is 18.8 Å². The second-order valence-corrected chi connectivity index (χ2v) is 5.91. The summed E-state index contributed by atoms with van der Waals surface area (Å²) >= 11 is 0. The van der Waals surface area contributed by atoms with Gasteiger partial charge in [0.15, 0.2) is 5.96 Å². The molecule has 0 aromatic heterocycles. The van der Waals surface area contributed by atoms with Gasteiger partial charge in [0.25, 0.3) is 0 Å². The van der Waals surface area contributed by atoms with Gasteiger partial charge in [-0.1, -0.05) is 6.08 Å². The van der Waals surface area contributed by atoms with Crippen LogP contribution in [0.25, 0.3) is 0 Å². The van der Waals surface area contributed by atoms with Crippen molar-refractivity contribution in [1.29, 1.82) is 0 Å². The Morgan fingerprint density at radius 3 is 2.46 bits per heavy atom. The van der Waals surface area contributed by atoms with Crippen molar-refractivity contribution in [3.05, 3.63) is 12.7 Å². The van der Waals surface area contributed by atoms with Crippen LogP contribution in [0.2, 0.25) is 0 Å². The summed E-state index contributed by atoms with van der Waals surface area (Å²) in [5.74, 6) is 1.21. The highest BCUT2D eigenvalue weighted by molar-refractivity contribution is 14.0. The van der Waals surface area contributed by atoms with Crippen molar-refractivity contribution in [3.8, 4) is 0 Å². The molecule has 0 spiro atoms. The van der Waals surface area contributed by atoms with Gasteiger partial charge in [-0.15, -0.1) is 30.6 Å². The van der Waals surface area contributed by atoms with E-state index in [1.54, 1.807) is 27.2 Å². The van der Waals surface area contributed by atoms with E-state index in [0.29, 0.717) is 18.9 Å². The molecule has 2 N–H and O–H groups in total. The maximum absolute atomic E-state index is 11.7. The molecule has 0 aromatic rings. The number of likely N-dealkylation sites (tertiary alicyclic amines) is 1. The number of amides is 2. The molecule has 138 valence electrons. The van der Waals surface area contributed by atoms with Gasteiger partial charge in [-0.2, -0.15) is 0 Å². The van der Waals surface area contributed by atoms with Crippen LogP contribution >= 0.6 is 24.0 Å².